The lowest BCUT2D eigenvalue weighted by molar-refractivity contribution is -0.0800. The van der Waals surface area contributed by atoms with Crippen LogP contribution in [0.5, 0.6) is 0 Å². The molecule has 0 saturated carbocycles. The van der Waals surface area contributed by atoms with Crippen molar-refractivity contribution >= 4 is 11.6 Å². The standard InChI is InChI=1S/C29H26F2N4O3/c30-25-6-5-23(15-26(25)31)35(28(36)27-8-12-33-38-27)18-21-3-1-20(2-4-21)17-34-13-9-29(10-14-34)24-16-32-11-7-22(24)19-37-29/h1-8,11-12,15-16H,9-10,13-14,17-19H2. The topological polar surface area (TPSA) is 71.7 Å². The van der Waals surface area contributed by atoms with Crippen molar-refractivity contribution in [3.8, 4) is 0 Å². The molecule has 2 aliphatic heterocycles. The number of pyridine rings is 1. The van der Waals surface area contributed by atoms with Crippen LogP contribution in [0, 0.1) is 11.6 Å². The molecule has 1 saturated heterocycles. The molecule has 2 aromatic heterocycles. The van der Waals surface area contributed by atoms with Crippen molar-refractivity contribution < 1.29 is 22.8 Å². The molecule has 0 radical (unpaired) electrons. The number of hydrogen-bond donors (Lipinski definition) is 0. The van der Waals surface area contributed by atoms with Crippen molar-refractivity contribution in [2.75, 3.05) is 18.0 Å². The number of anilines is 1. The number of amides is 1. The van der Waals surface area contributed by atoms with Gasteiger partial charge in [-0.3, -0.25) is 14.7 Å². The first-order chi connectivity index (χ1) is 18.5. The summed E-state index contributed by atoms with van der Waals surface area (Å²) in [6.07, 6.45) is 6.99. The van der Waals surface area contributed by atoms with E-state index >= 15 is 0 Å². The van der Waals surface area contributed by atoms with Gasteiger partial charge in [-0.2, -0.15) is 0 Å². The van der Waals surface area contributed by atoms with E-state index in [9.17, 15) is 13.6 Å². The van der Waals surface area contributed by atoms with Crippen LogP contribution in [0.25, 0.3) is 0 Å². The maximum Gasteiger partial charge on any atom is 0.297 e. The number of piperidine rings is 1. The predicted octanol–water partition coefficient (Wildman–Crippen LogP) is 5.22. The second kappa shape index (κ2) is 10.1. The molecular formula is C29H26F2N4O3. The summed E-state index contributed by atoms with van der Waals surface area (Å²) >= 11 is 0. The lowest BCUT2D eigenvalue weighted by atomic mass is 9.84. The molecule has 1 spiro atoms. The molecule has 4 aromatic rings. The van der Waals surface area contributed by atoms with Crippen LogP contribution in [0.4, 0.5) is 14.5 Å². The van der Waals surface area contributed by atoms with Gasteiger partial charge < -0.3 is 14.2 Å². The number of fused-ring (bicyclic) bond motifs is 2. The van der Waals surface area contributed by atoms with E-state index in [1.807, 2.05) is 42.7 Å². The Morgan fingerprint density at radius 1 is 0.974 bits per heavy atom. The van der Waals surface area contributed by atoms with E-state index in [0.29, 0.717) is 6.61 Å². The maximum atomic E-state index is 14.0. The minimum absolute atomic E-state index is 0.0128. The smallest absolute Gasteiger partial charge is 0.297 e. The molecule has 6 rings (SSSR count). The summed E-state index contributed by atoms with van der Waals surface area (Å²) < 4.78 is 38.8. The summed E-state index contributed by atoms with van der Waals surface area (Å²) in [5.41, 5.74) is 4.47. The molecule has 1 amide bonds. The number of aromatic nitrogens is 2. The molecule has 1 fully saturated rings. The van der Waals surface area contributed by atoms with Gasteiger partial charge in [0.2, 0.25) is 5.76 Å². The number of hydrogen-bond acceptors (Lipinski definition) is 6. The van der Waals surface area contributed by atoms with Crippen LogP contribution in [-0.2, 0) is 30.0 Å². The largest absolute Gasteiger partial charge is 0.365 e. The molecule has 0 N–H and O–H groups in total. The van der Waals surface area contributed by atoms with Gasteiger partial charge in [0, 0.05) is 55.4 Å². The lowest BCUT2D eigenvalue weighted by Crippen LogP contribution is -2.42. The number of likely N-dealkylation sites (tertiary alicyclic amines) is 1. The van der Waals surface area contributed by atoms with E-state index < -0.39 is 17.5 Å². The SMILES string of the molecule is O=C(c1ccno1)N(Cc1ccc(CN2CCC3(CC2)OCc2ccncc23)cc1)c1ccc(F)c(F)c1. The summed E-state index contributed by atoms with van der Waals surface area (Å²) in [4.78, 5) is 21.1. The highest BCUT2D eigenvalue weighted by Gasteiger charge is 2.42. The number of ether oxygens (including phenoxy) is 1. The van der Waals surface area contributed by atoms with Crippen LogP contribution >= 0.6 is 0 Å². The van der Waals surface area contributed by atoms with Crippen LogP contribution in [-0.4, -0.2) is 34.0 Å². The summed E-state index contributed by atoms with van der Waals surface area (Å²) in [6.45, 7) is 3.46. The molecule has 7 nitrogen and oxygen atoms in total. The number of carbonyl (C=O) groups excluding carboxylic acids is 1. The van der Waals surface area contributed by atoms with Gasteiger partial charge in [0.25, 0.3) is 5.91 Å². The Hall–Kier alpha value is -3.95. The van der Waals surface area contributed by atoms with Gasteiger partial charge in [-0.25, -0.2) is 8.78 Å². The van der Waals surface area contributed by atoms with Crippen LogP contribution in [0.2, 0.25) is 0 Å². The fourth-order valence-corrected chi connectivity index (χ4v) is 5.32. The van der Waals surface area contributed by atoms with Gasteiger partial charge in [0.05, 0.1) is 24.9 Å². The third-order valence-electron chi connectivity index (χ3n) is 7.45. The van der Waals surface area contributed by atoms with Crippen molar-refractivity contribution in [2.45, 2.75) is 38.1 Å². The van der Waals surface area contributed by atoms with Crippen LogP contribution in [0.1, 0.15) is 45.7 Å². The maximum absolute atomic E-state index is 14.0. The molecule has 2 aromatic carbocycles. The van der Waals surface area contributed by atoms with Crippen LogP contribution < -0.4 is 4.90 Å². The zero-order valence-corrected chi connectivity index (χ0v) is 20.6. The number of carbonyl (C=O) groups is 1. The molecule has 4 heterocycles. The monoisotopic (exact) mass is 516 g/mol. The fourth-order valence-electron chi connectivity index (χ4n) is 5.32. The van der Waals surface area contributed by atoms with Crippen molar-refractivity contribution in [3.05, 3.63) is 113 Å². The van der Waals surface area contributed by atoms with Crippen molar-refractivity contribution in [2.24, 2.45) is 0 Å². The van der Waals surface area contributed by atoms with Gasteiger partial charge >= 0.3 is 0 Å². The van der Waals surface area contributed by atoms with E-state index in [1.165, 1.54) is 34.4 Å². The summed E-state index contributed by atoms with van der Waals surface area (Å²) in [5, 5.41) is 3.59. The van der Waals surface area contributed by atoms with Gasteiger partial charge in [0.15, 0.2) is 11.6 Å². The lowest BCUT2D eigenvalue weighted by Gasteiger charge is -2.39. The average molecular weight is 517 g/mol. The van der Waals surface area contributed by atoms with Gasteiger partial charge in [0.1, 0.15) is 0 Å². The summed E-state index contributed by atoms with van der Waals surface area (Å²) in [7, 11) is 0. The minimum Gasteiger partial charge on any atom is -0.365 e. The van der Waals surface area contributed by atoms with Gasteiger partial charge in [-0.05, 0) is 47.7 Å². The van der Waals surface area contributed by atoms with Crippen molar-refractivity contribution in [3.63, 3.8) is 0 Å². The molecule has 0 unspecified atom stereocenters. The number of rotatable bonds is 6. The Morgan fingerprint density at radius 2 is 1.76 bits per heavy atom. The molecule has 0 aliphatic carbocycles. The quantitative estimate of drug-likeness (QED) is 0.350. The Bertz CT molecular complexity index is 1430. The third-order valence-corrected chi connectivity index (χ3v) is 7.45. The molecule has 0 bridgehead atoms. The van der Waals surface area contributed by atoms with Crippen LogP contribution in [0.3, 0.4) is 0 Å². The van der Waals surface area contributed by atoms with E-state index in [2.05, 4.69) is 15.0 Å². The molecule has 9 heteroatoms. The zero-order valence-electron chi connectivity index (χ0n) is 20.6. The normalized spacial score (nSPS) is 16.5. The van der Waals surface area contributed by atoms with Crippen molar-refractivity contribution in [1.82, 2.24) is 15.0 Å². The average Bonchev–Trinajstić information content (AvgIpc) is 3.61. The summed E-state index contributed by atoms with van der Waals surface area (Å²) in [6, 6.07) is 14.8. The Balaban J connectivity index is 1.13. The fraction of sp³-hybridized carbons (Fsp3) is 0.276. The Labute approximate surface area is 218 Å². The highest BCUT2D eigenvalue weighted by molar-refractivity contribution is 6.04. The summed E-state index contributed by atoms with van der Waals surface area (Å²) in [5.74, 6) is -2.49. The Kier molecular flexibility index (Phi) is 6.47. The second-order valence-electron chi connectivity index (χ2n) is 9.77. The molecule has 0 atom stereocenters. The van der Waals surface area contributed by atoms with Gasteiger partial charge in [-0.1, -0.05) is 29.4 Å². The first-order valence-electron chi connectivity index (χ1n) is 12.6. The number of nitrogens with zero attached hydrogens (tertiary/aromatic N) is 4. The first kappa shape index (κ1) is 24.4. The number of halogens is 2. The van der Waals surface area contributed by atoms with E-state index in [1.54, 1.807) is 0 Å². The number of benzene rings is 2. The minimum atomic E-state index is -1.03. The predicted molar refractivity (Wildman–Crippen MR) is 135 cm³/mol. The highest BCUT2D eigenvalue weighted by Crippen LogP contribution is 2.43. The molecule has 2 aliphatic rings. The van der Waals surface area contributed by atoms with Crippen molar-refractivity contribution in [1.29, 1.82) is 0 Å². The molecule has 38 heavy (non-hydrogen) atoms. The van der Waals surface area contributed by atoms with E-state index in [0.717, 1.165) is 55.7 Å². The molecule has 194 valence electrons. The zero-order chi connectivity index (χ0) is 26.1. The highest BCUT2D eigenvalue weighted by atomic mass is 19.2. The second-order valence-corrected chi connectivity index (χ2v) is 9.77. The third kappa shape index (κ3) is 4.70. The Morgan fingerprint density at radius 3 is 2.50 bits per heavy atom. The van der Waals surface area contributed by atoms with E-state index in [-0.39, 0.29) is 23.6 Å². The van der Waals surface area contributed by atoms with Gasteiger partial charge in [-0.15, -0.1) is 0 Å². The van der Waals surface area contributed by atoms with E-state index in [4.69, 9.17) is 9.26 Å². The first-order valence-corrected chi connectivity index (χ1v) is 12.6. The molecular weight excluding hydrogens is 490 g/mol. The van der Waals surface area contributed by atoms with Crippen LogP contribution in [0.15, 0.2) is 77.7 Å².